The topological polar surface area (TPSA) is 16.4 Å². The Hall–Kier alpha value is -7.42. The van der Waals surface area contributed by atoms with Crippen LogP contribution in [0, 0.1) is 0 Å². The summed E-state index contributed by atoms with van der Waals surface area (Å²) in [6.45, 7) is 0. The maximum Gasteiger partial charge on any atom is 0.136 e. The summed E-state index contributed by atoms with van der Waals surface area (Å²) in [7, 11) is 0. The summed E-state index contributed by atoms with van der Waals surface area (Å²) in [6.07, 6.45) is 0. The van der Waals surface area contributed by atoms with Crippen LogP contribution in [0.4, 0.5) is 17.1 Å². The Labute approximate surface area is 349 Å². The molecule has 2 nitrogen and oxygen atoms in total. The van der Waals surface area contributed by atoms with Gasteiger partial charge in [-0.2, -0.15) is 0 Å². The molecule has 0 aliphatic carbocycles. The van der Waals surface area contributed by atoms with Gasteiger partial charge in [-0.1, -0.05) is 157 Å². The lowest BCUT2D eigenvalue weighted by molar-refractivity contribution is 0.669. The standard InChI is InChI=1S/C54H35NO/c1-2-12-37(13-3-1)45-16-8-10-20-51(45)55(43-31-26-38(27-32-43)49-35-41-14-4-5-15-44(41)46-17-6-7-18-47(46)49)42-29-24-36(25-30-42)40-23-22-39-28-33-53-54(50(39)34-40)48-19-9-11-21-52(48)56-53/h1-35H/i8D,9D,10D,11D,16D,19D,20D,21D,22D,23D,26D,27D,28D,31D,32D,33D,34D. The van der Waals surface area contributed by atoms with Gasteiger partial charge in [-0.05, 0) is 115 Å². The Bertz CT molecular complexity index is 4200. The number of hydrogen-bond acceptors (Lipinski definition) is 2. The van der Waals surface area contributed by atoms with Gasteiger partial charge in [-0.15, -0.1) is 0 Å². The van der Waals surface area contributed by atoms with Crippen molar-refractivity contribution < 1.29 is 27.7 Å². The normalized spacial score (nSPS) is 15.8. The molecule has 0 unspecified atom stereocenters. The lowest BCUT2D eigenvalue weighted by Crippen LogP contribution is -2.11. The van der Waals surface area contributed by atoms with E-state index < -0.39 is 103 Å². The molecule has 1 aromatic heterocycles. The summed E-state index contributed by atoms with van der Waals surface area (Å²) in [5.41, 5.74) is -0.304. The molecule has 0 aliphatic rings. The predicted octanol–water partition coefficient (Wildman–Crippen LogP) is 15.5. The van der Waals surface area contributed by atoms with E-state index in [2.05, 4.69) is 0 Å². The average molecular weight is 731 g/mol. The number of para-hydroxylation sites is 2. The predicted molar refractivity (Wildman–Crippen MR) is 237 cm³/mol. The fraction of sp³-hybridized carbons (Fsp3) is 0. The molecule has 1 heterocycles. The number of anilines is 3. The Morgan fingerprint density at radius 1 is 0.393 bits per heavy atom. The van der Waals surface area contributed by atoms with E-state index in [4.69, 9.17) is 15.4 Å². The van der Waals surface area contributed by atoms with Crippen LogP contribution >= 0.6 is 0 Å². The van der Waals surface area contributed by atoms with E-state index in [1.54, 1.807) is 30.3 Å². The Morgan fingerprint density at radius 3 is 1.95 bits per heavy atom. The summed E-state index contributed by atoms with van der Waals surface area (Å²) in [5.74, 6) is 0. The van der Waals surface area contributed by atoms with Gasteiger partial charge >= 0.3 is 0 Å². The Kier molecular flexibility index (Phi) is 4.52. The number of nitrogens with zero attached hydrogens (tertiary/aromatic N) is 1. The zero-order valence-corrected chi connectivity index (χ0v) is 29.2. The molecule has 0 spiro atoms. The second-order valence-corrected chi connectivity index (χ2v) is 13.1. The summed E-state index contributed by atoms with van der Waals surface area (Å²) in [6, 6.07) is 22.2. The van der Waals surface area contributed by atoms with Gasteiger partial charge in [-0.25, -0.2) is 0 Å². The average Bonchev–Trinajstić information content (AvgIpc) is 3.81. The first kappa shape index (κ1) is 19.3. The van der Waals surface area contributed by atoms with Crippen molar-refractivity contribution >= 4 is 71.3 Å². The zero-order valence-electron chi connectivity index (χ0n) is 46.2. The van der Waals surface area contributed by atoms with Crippen molar-refractivity contribution in [1.29, 1.82) is 0 Å². The van der Waals surface area contributed by atoms with Crippen molar-refractivity contribution in [2.75, 3.05) is 4.90 Å². The van der Waals surface area contributed by atoms with Crippen molar-refractivity contribution in [1.82, 2.24) is 0 Å². The second-order valence-electron chi connectivity index (χ2n) is 13.1. The largest absolute Gasteiger partial charge is 0.456 e. The molecule has 0 bridgehead atoms. The Balaban J connectivity index is 1.19. The summed E-state index contributed by atoms with van der Waals surface area (Å²) < 4.78 is 161. The highest BCUT2D eigenvalue weighted by atomic mass is 16.3. The minimum atomic E-state index is -0.639. The van der Waals surface area contributed by atoms with E-state index in [0.717, 1.165) is 16.2 Å². The van der Waals surface area contributed by atoms with Crippen molar-refractivity contribution in [3.63, 3.8) is 0 Å². The lowest BCUT2D eigenvalue weighted by atomic mass is 9.93. The van der Waals surface area contributed by atoms with Gasteiger partial charge in [0.25, 0.3) is 0 Å². The van der Waals surface area contributed by atoms with Crippen LogP contribution in [0.25, 0.3) is 87.6 Å². The van der Waals surface area contributed by atoms with Crippen molar-refractivity contribution in [3.8, 4) is 33.4 Å². The van der Waals surface area contributed by atoms with Gasteiger partial charge in [0, 0.05) is 27.7 Å². The van der Waals surface area contributed by atoms with Crippen LogP contribution in [-0.4, -0.2) is 0 Å². The van der Waals surface area contributed by atoms with Gasteiger partial charge in [0.2, 0.25) is 0 Å². The first-order valence-electron chi connectivity index (χ1n) is 26.3. The highest BCUT2D eigenvalue weighted by Crippen LogP contribution is 2.43. The quantitative estimate of drug-likeness (QED) is 0.158. The number of hydrogen-bond donors (Lipinski definition) is 0. The fourth-order valence-electron chi connectivity index (χ4n) is 7.35. The van der Waals surface area contributed by atoms with Crippen molar-refractivity contribution in [3.05, 3.63) is 212 Å². The molecule has 0 radical (unpaired) electrons. The van der Waals surface area contributed by atoms with Crippen LogP contribution in [-0.2, 0) is 0 Å². The van der Waals surface area contributed by atoms with Gasteiger partial charge in [0.05, 0.1) is 29.0 Å². The minimum Gasteiger partial charge on any atom is -0.456 e. The molecule has 56 heavy (non-hydrogen) atoms. The van der Waals surface area contributed by atoms with Gasteiger partial charge in [0.1, 0.15) is 11.2 Å². The molecule has 0 amide bonds. The zero-order chi connectivity index (χ0) is 51.8. The van der Waals surface area contributed by atoms with E-state index in [0.29, 0.717) is 16.5 Å². The third-order valence-corrected chi connectivity index (χ3v) is 9.94. The molecule has 0 atom stereocenters. The molecule has 10 aromatic carbocycles. The lowest BCUT2D eigenvalue weighted by Gasteiger charge is -2.28. The van der Waals surface area contributed by atoms with Crippen LogP contribution in [0.15, 0.2) is 216 Å². The van der Waals surface area contributed by atoms with E-state index >= 15 is 0 Å². The van der Waals surface area contributed by atoms with Crippen LogP contribution < -0.4 is 4.90 Å². The van der Waals surface area contributed by atoms with E-state index in [-0.39, 0.29) is 72.0 Å². The minimum absolute atomic E-state index is 0.00570. The SMILES string of the molecule is [2H]c1c([2H])c([2H])c(N(c2ccc(-c3c([2H])c([2H])c4c([2H])c([2H])c5oc6c([2H])c([2H])c([2H])c([2H])c6c5c4c3[2H])cc2)c2c([2H])c([2H])c(-c3cc4ccccc4c4ccccc34)c([2H])c2[2H])c(-c2ccccc2)c1[2H]. The maximum atomic E-state index is 9.77. The Morgan fingerprint density at radius 2 is 1.09 bits per heavy atom. The molecular weight excluding hydrogens is 679 g/mol. The monoisotopic (exact) mass is 730 g/mol. The third-order valence-electron chi connectivity index (χ3n) is 9.94. The first-order valence-corrected chi connectivity index (χ1v) is 17.8. The molecular formula is C54H35NO. The van der Waals surface area contributed by atoms with Gasteiger partial charge in [-0.3, -0.25) is 0 Å². The highest BCUT2D eigenvalue weighted by molar-refractivity contribution is 6.19. The smallest absolute Gasteiger partial charge is 0.136 e. The highest BCUT2D eigenvalue weighted by Gasteiger charge is 2.18. The van der Waals surface area contributed by atoms with Crippen molar-refractivity contribution in [2.45, 2.75) is 0 Å². The van der Waals surface area contributed by atoms with Crippen LogP contribution in [0.5, 0.6) is 0 Å². The molecule has 11 rings (SSSR count). The third kappa shape index (κ3) is 5.34. The summed E-state index contributed by atoms with van der Waals surface area (Å²) >= 11 is 0. The van der Waals surface area contributed by atoms with Crippen molar-refractivity contribution in [2.24, 2.45) is 0 Å². The number of rotatable bonds is 6. The maximum absolute atomic E-state index is 9.77. The molecule has 0 saturated carbocycles. The molecule has 0 N–H and O–H groups in total. The van der Waals surface area contributed by atoms with Crippen LogP contribution in [0.1, 0.15) is 23.3 Å². The molecule has 262 valence electrons. The van der Waals surface area contributed by atoms with Gasteiger partial charge < -0.3 is 9.32 Å². The molecule has 0 fully saturated rings. The molecule has 11 aromatic rings. The molecule has 0 aliphatic heterocycles. The van der Waals surface area contributed by atoms with Gasteiger partial charge in [0.15, 0.2) is 0 Å². The van der Waals surface area contributed by atoms with E-state index in [9.17, 15) is 12.3 Å². The number of benzene rings is 10. The first-order chi connectivity index (χ1) is 34.9. The van der Waals surface area contributed by atoms with E-state index in [1.165, 1.54) is 29.2 Å². The molecule has 2 heteroatoms. The number of fused-ring (bicyclic) bond motifs is 8. The summed E-state index contributed by atoms with van der Waals surface area (Å²) in [5, 5.41) is 2.55. The second kappa shape index (κ2) is 13.2. The van der Waals surface area contributed by atoms with Crippen LogP contribution in [0.3, 0.4) is 0 Å². The van der Waals surface area contributed by atoms with Crippen LogP contribution in [0.2, 0.25) is 0 Å². The fourth-order valence-corrected chi connectivity index (χ4v) is 7.35. The molecule has 0 saturated heterocycles. The van der Waals surface area contributed by atoms with E-state index in [1.807, 2.05) is 54.6 Å². The summed E-state index contributed by atoms with van der Waals surface area (Å²) in [4.78, 5) is 1.25. The number of furan rings is 1.